The molecule has 0 saturated heterocycles. The van der Waals surface area contributed by atoms with E-state index in [0.29, 0.717) is 12.3 Å². The van der Waals surface area contributed by atoms with Crippen molar-refractivity contribution in [2.24, 2.45) is 11.7 Å². The fourth-order valence-corrected chi connectivity index (χ4v) is 2.15. The summed E-state index contributed by atoms with van der Waals surface area (Å²) in [5.41, 5.74) is 7.08. The maximum absolute atomic E-state index is 12.0. The summed E-state index contributed by atoms with van der Waals surface area (Å²) in [5, 5.41) is 12.1. The van der Waals surface area contributed by atoms with Gasteiger partial charge in [-0.25, -0.2) is 0 Å². The van der Waals surface area contributed by atoms with Crippen LogP contribution < -0.4 is 11.1 Å². The molecule has 0 aromatic heterocycles. The first kappa shape index (κ1) is 16.7. The Kier molecular flexibility index (Phi) is 7.26. The Hall–Kier alpha value is -1.39. The highest BCUT2D eigenvalue weighted by atomic mass is 16.3. The summed E-state index contributed by atoms with van der Waals surface area (Å²) in [7, 11) is 0. The Morgan fingerprint density at radius 3 is 2.50 bits per heavy atom. The average molecular weight is 278 g/mol. The SMILES string of the molecule is CC(C)CC(CO)NC(=O)[C@@H](N)CCc1ccccc1. The Bertz CT molecular complexity index is 393. The van der Waals surface area contributed by atoms with E-state index in [1.807, 2.05) is 30.3 Å². The van der Waals surface area contributed by atoms with Crippen LogP contribution in [0.15, 0.2) is 30.3 Å². The van der Waals surface area contributed by atoms with Crippen LogP contribution >= 0.6 is 0 Å². The lowest BCUT2D eigenvalue weighted by molar-refractivity contribution is -0.123. The van der Waals surface area contributed by atoms with E-state index < -0.39 is 6.04 Å². The van der Waals surface area contributed by atoms with Gasteiger partial charge in [0.2, 0.25) is 5.91 Å². The molecule has 0 fully saturated rings. The molecule has 0 radical (unpaired) electrons. The van der Waals surface area contributed by atoms with Gasteiger partial charge in [0.15, 0.2) is 0 Å². The van der Waals surface area contributed by atoms with E-state index in [2.05, 4.69) is 19.2 Å². The number of nitrogens with one attached hydrogen (secondary N) is 1. The van der Waals surface area contributed by atoms with Crippen LogP contribution in [0.4, 0.5) is 0 Å². The second-order valence-corrected chi connectivity index (χ2v) is 5.65. The lowest BCUT2D eigenvalue weighted by Crippen LogP contribution is -2.47. The van der Waals surface area contributed by atoms with Crippen LogP contribution in [0.2, 0.25) is 0 Å². The molecule has 1 unspecified atom stereocenters. The number of aryl methyl sites for hydroxylation is 1. The molecule has 1 aromatic carbocycles. The summed E-state index contributed by atoms with van der Waals surface area (Å²) in [6, 6.07) is 9.24. The minimum atomic E-state index is -0.531. The summed E-state index contributed by atoms with van der Waals surface area (Å²) in [5.74, 6) is 0.244. The Labute approximate surface area is 121 Å². The van der Waals surface area contributed by atoms with E-state index in [0.717, 1.165) is 12.8 Å². The summed E-state index contributed by atoms with van der Waals surface area (Å²) in [6.45, 7) is 4.07. The fourth-order valence-electron chi connectivity index (χ4n) is 2.15. The van der Waals surface area contributed by atoms with Crippen molar-refractivity contribution < 1.29 is 9.90 Å². The first-order valence-corrected chi connectivity index (χ1v) is 7.23. The summed E-state index contributed by atoms with van der Waals surface area (Å²) in [6.07, 6.45) is 2.15. The van der Waals surface area contributed by atoms with Crippen LogP contribution in [-0.4, -0.2) is 29.7 Å². The number of carbonyl (C=O) groups excluding carboxylic acids is 1. The largest absolute Gasteiger partial charge is 0.394 e. The van der Waals surface area contributed by atoms with Crippen molar-refractivity contribution in [3.63, 3.8) is 0 Å². The van der Waals surface area contributed by atoms with Crippen LogP contribution in [0.5, 0.6) is 0 Å². The van der Waals surface area contributed by atoms with Crippen molar-refractivity contribution in [3.05, 3.63) is 35.9 Å². The van der Waals surface area contributed by atoms with E-state index in [-0.39, 0.29) is 18.6 Å². The highest BCUT2D eigenvalue weighted by molar-refractivity contribution is 5.81. The van der Waals surface area contributed by atoms with E-state index in [1.165, 1.54) is 5.56 Å². The molecule has 2 atom stereocenters. The smallest absolute Gasteiger partial charge is 0.237 e. The van der Waals surface area contributed by atoms with Crippen LogP contribution in [0.25, 0.3) is 0 Å². The van der Waals surface area contributed by atoms with E-state index in [4.69, 9.17) is 5.73 Å². The molecule has 0 saturated carbocycles. The topological polar surface area (TPSA) is 75.3 Å². The van der Waals surface area contributed by atoms with Gasteiger partial charge in [-0.15, -0.1) is 0 Å². The molecular formula is C16H26N2O2. The van der Waals surface area contributed by atoms with E-state index in [1.54, 1.807) is 0 Å². The van der Waals surface area contributed by atoms with Gasteiger partial charge in [0.25, 0.3) is 0 Å². The van der Waals surface area contributed by atoms with Crippen molar-refractivity contribution in [2.75, 3.05) is 6.61 Å². The third-order valence-corrected chi connectivity index (χ3v) is 3.25. The van der Waals surface area contributed by atoms with Gasteiger partial charge in [0, 0.05) is 0 Å². The van der Waals surface area contributed by atoms with Crippen LogP contribution in [0.1, 0.15) is 32.3 Å². The minimum Gasteiger partial charge on any atom is -0.394 e. The number of amides is 1. The number of carbonyl (C=O) groups is 1. The van der Waals surface area contributed by atoms with Crippen molar-refractivity contribution in [1.82, 2.24) is 5.32 Å². The van der Waals surface area contributed by atoms with Crippen LogP contribution in [0.3, 0.4) is 0 Å². The molecule has 0 aliphatic heterocycles. The van der Waals surface area contributed by atoms with Crippen molar-refractivity contribution in [1.29, 1.82) is 0 Å². The molecule has 0 spiro atoms. The third kappa shape index (κ3) is 6.17. The summed E-state index contributed by atoms with van der Waals surface area (Å²) in [4.78, 5) is 12.0. The Balaban J connectivity index is 2.38. The standard InChI is InChI=1S/C16H26N2O2/c1-12(2)10-14(11-19)18-16(20)15(17)9-8-13-6-4-3-5-7-13/h3-7,12,14-15,19H,8-11,17H2,1-2H3,(H,18,20)/t14?,15-/m0/s1. The average Bonchev–Trinajstić information content (AvgIpc) is 2.44. The number of hydrogen-bond donors (Lipinski definition) is 3. The number of aliphatic hydroxyl groups is 1. The van der Waals surface area contributed by atoms with Gasteiger partial charge < -0.3 is 16.2 Å². The zero-order chi connectivity index (χ0) is 15.0. The van der Waals surface area contributed by atoms with Crippen molar-refractivity contribution >= 4 is 5.91 Å². The predicted molar refractivity (Wildman–Crippen MR) is 81.2 cm³/mol. The Morgan fingerprint density at radius 2 is 1.95 bits per heavy atom. The molecule has 0 bridgehead atoms. The normalized spacial score (nSPS) is 14.1. The van der Waals surface area contributed by atoms with E-state index in [9.17, 15) is 9.90 Å². The van der Waals surface area contributed by atoms with Gasteiger partial charge in [-0.05, 0) is 30.7 Å². The molecular weight excluding hydrogens is 252 g/mol. The molecule has 0 aliphatic rings. The quantitative estimate of drug-likeness (QED) is 0.674. The molecule has 4 nitrogen and oxygen atoms in total. The first-order valence-electron chi connectivity index (χ1n) is 7.23. The third-order valence-electron chi connectivity index (χ3n) is 3.25. The second-order valence-electron chi connectivity index (χ2n) is 5.65. The van der Waals surface area contributed by atoms with Gasteiger partial charge in [0.05, 0.1) is 18.7 Å². The van der Waals surface area contributed by atoms with Crippen molar-refractivity contribution in [3.8, 4) is 0 Å². The molecule has 0 heterocycles. The van der Waals surface area contributed by atoms with Gasteiger partial charge in [-0.3, -0.25) is 4.79 Å². The number of benzene rings is 1. The van der Waals surface area contributed by atoms with E-state index >= 15 is 0 Å². The maximum Gasteiger partial charge on any atom is 0.237 e. The lowest BCUT2D eigenvalue weighted by atomic mass is 10.0. The highest BCUT2D eigenvalue weighted by Crippen LogP contribution is 2.06. The number of nitrogens with two attached hydrogens (primary N) is 1. The minimum absolute atomic E-state index is 0.0463. The molecule has 1 amide bonds. The second kappa shape index (κ2) is 8.72. The zero-order valence-electron chi connectivity index (χ0n) is 12.4. The van der Waals surface area contributed by atoms with Crippen LogP contribution in [-0.2, 0) is 11.2 Å². The molecule has 0 aliphatic carbocycles. The lowest BCUT2D eigenvalue weighted by Gasteiger charge is -2.20. The first-order chi connectivity index (χ1) is 9.52. The fraction of sp³-hybridized carbons (Fsp3) is 0.562. The van der Waals surface area contributed by atoms with Gasteiger partial charge >= 0.3 is 0 Å². The number of hydrogen-bond acceptors (Lipinski definition) is 3. The zero-order valence-corrected chi connectivity index (χ0v) is 12.4. The van der Waals surface area contributed by atoms with Gasteiger partial charge in [0.1, 0.15) is 0 Å². The molecule has 20 heavy (non-hydrogen) atoms. The number of aliphatic hydroxyl groups excluding tert-OH is 1. The van der Waals surface area contributed by atoms with Crippen LogP contribution in [0, 0.1) is 5.92 Å². The molecule has 1 rings (SSSR count). The van der Waals surface area contributed by atoms with Crippen molar-refractivity contribution in [2.45, 2.75) is 45.2 Å². The molecule has 4 N–H and O–H groups in total. The monoisotopic (exact) mass is 278 g/mol. The van der Waals surface area contributed by atoms with Gasteiger partial charge in [-0.2, -0.15) is 0 Å². The highest BCUT2D eigenvalue weighted by Gasteiger charge is 2.18. The predicted octanol–water partition coefficient (Wildman–Crippen LogP) is 1.47. The molecule has 4 heteroatoms. The number of rotatable bonds is 8. The molecule has 112 valence electrons. The Morgan fingerprint density at radius 1 is 1.30 bits per heavy atom. The maximum atomic E-state index is 12.0. The van der Waals surface area contributed by atoms with Gasteiger partial charge in [-0.1, -0.05) is 44.2 Å². The summed E-state index contributed by atoms with van der Waals surface area (Å²) >= 11 is 0. The summed E-state index contributed by atoms with van der Waals surface area (Å²) < 4.78 is 0. The molecule has 1 aromatic rings.